The Morgan fingerprint density at radius 3 is 2.43 bits per heavy atom. The van der Waals surface area contributed by atoms with Crippen LogP contribution in [0.5, 0.6) is 0 Å². The smallest absolute Gasteiger partial charge is 0.191 e. The molecule has 1 aromatic heterocycles. The molecule has 0 spiro atoms. The minimum atomic E-state index is -3.38. The second kappa shape index (κ2) is 12.0. The molecule has 0 aliphatic rings. The molecule has 1 unspecified atom stereocenters. The Kier molecular flexibility index (Phi) is 10.7. The lowest BCUT2D eigenvalue weighted by Crippen LogP contribution is -2.46. The van der Waals surface area contributed by atoms with E-state index in [2.05, 4.69) is 27.5 Å². The zero-order valence-electron chi connectivity index (χ0n) is 18.6. The van der Waals surface area contributed by atoms with Crippen LogP contribution in [-0.2, 0) is 16.3 Å². The maximum Gasteiger partial charge on any atom is 0.191 e. The normalized spacial score (nSPS) is 12.9. The number of halogens is 1. The lowest BCUT2D eigenvalue weighted by atomic mass is 10.1. The van der Waals surface area contributed by atoms with Crippen molar-refractivity contribution in [1.29, 1.82) is 0 Å². The van der Waals surface area contributed by atoms with Crippen molar-refractivity contribution in [3.63, 3.8) is 0 Å². The predicted octanol–water partition coefficient (Wildman–Crippen LogP) is 3.95. The van der Waals surface area contributed by atoms with Gasteiger partial charge in [0, 0.05) is 30.9 Å². The Hall–Kier alpha value is -1.20. The van der Waals surface area contributed by atoms with E-state index in [4.69, 9.17) is 0 Å². The van der Waals surface area contributed by atoms with Gasteiger partial charge in [0.25, 0.3) is 0 Å². The van der Waals surface area contributed by atoms with Gasteiger partial charge >= 0.3 is 0 Å². The highest BCUT2D eigenvalue weighted by Gasteiger charge is 2.21. The molecule has 0 bridgehead atoms. The third-order valence-electron chi connectivity index (χ3n) is 5.02. The van der Waals surface area contributed by atoms with Gasteiger partial charge in [0.1, 0.15) is 0 Å². The van der Waals surface area contributed by atoms with Gasteiger partial charge in [0.05, 0.1) is 21.3 Å². The van der Waals surface area contributed by atoms with Crippen LogP contribution in [0.15, 0.2) is 28.1 Å². The maximum absolute atomic E-state index is 12.9. The molecule has 0 fully saturated rings. The number of hydrogen-bond acceptors (Lipinski definition) is 5. The summed E-state index contributed by atoms with van der Waals surface area (Å²) in [6.45, 7) is 10.7. The molecule has 0 saturated heterocycles. The summed E-state index contributed by atoms with van der Waals surface area (Å²) in [7, 11) is -1.69. The van der Waals surface area contributed by atoms with Gasteiger partial charge in [-0.15, -0.1) is 35.3 Å². The topological polar surface area (TPSA) is 83.5 Å². The first-order valence-electron chi connectivity index (χ1n) is 9.86. The van der Waals surface area contributed by atoms with E-state index < -0.39 is 9.84 Å². The zero-order valence-corrected chi connectivity index (χ0v) is 22.5. The van der Waals surface area contributed by atoms with Gasteiger partial charge in [-0.05, 0) is 57.4 Å². The van der Waals surface area contributed by atoms with Gasteiger partial charge in [-0.3, -0.25) is 4.99 Å². The SMILES string of the molecule is CCC(CS(=O)(=O)c1ccc(C)c(C)c1)NC(=NC)NCCc1nc(C)c(C)s1.I. The number of sulfone groups is 1. The molecule has 6 nitrogen and oxygen atoms in total. The van der Waals surface area contributed by atoms with Crippen LogP contribution in [0.1, 0.15) is 40.1 Å². The van der Waals surface area contributed by atoms with Crippen molar-refractivity contribution in [2.45, 2.75) is 58.4 Å². The molecule has 2 aromatic rings. The molecular weight excluding hydrogens is 531 g/mol. The number of hydrogen-bond donors (Lipinski definition) is 2. The average Bonchev–Trinajstić information content (AvgIpc) is 2.99. The Balaban J connectivity index is 0.00000450. The first kappa shape index (κ1) is 26.8. The molecule has 1 atom stereocenters. The molecule has 2 N–H and O–H groups in total. The quantitative estimate of drug-likeness (QED) is 0.288. The van der Waals surface area contributed by atoms with E-state index in [1.807, 2.05) is 33.8 Å². The van der Waals surface area contributed by atoms with Gasteiger partial charge in [-0.2, -0.15) is 0 Å². The molecule has 2 rings (SSSR count). The van der Waals surface area contributed by atoms with Crippen LogP contribution in [0.2, 0.25) is 0 Å². The molecule has 0 aliphatic heterocycles. The number of aryl methyl sites for hydroxylation is 4. The molecule has 9 heteroatoms. The predicted molar refractivity (Wildman–Crippen MR) is 137 cm³/mol. The number of nitrogens with zero attached hydrogens (tertiary/aromatic N) is 2. The minimum Gasteiger partial charge on any atom is -0.356 e. The van der Waals surface area contributed by atoms with E-state index in [-0.39, 0.29) is 35.8 Å². The lowest BCUT2D eigenvalue weighted by molar-refractivity contribution is 0.568. The fourth-order valence-electron chi connectivity index (χ4n) is 2.85. The van der Waals surface area contributed by atoms with Crippen LogP contribution >= 0.6 is 35.3 Å². The Bertz CT molecular complexity index is 952. The molecule has 1 aromatic carbocycles. The standard InChI is InChI=1S/C21H32N4O2S2.HI/c1-7-18(13-29(26,27)19-9-8-14(2)15(3)12-19)25-21(22-6)23-11-10-20-24-16(4)17(5)28-20;/h8-9,12,18H,7,10-11,13H2,1-6H3,(H2,22,23,25);1H. The second-order valence-electron chi connectivity index (χ2n) is 7.28. The number of benzene rings is 1. The van der Waals surface area contributed by atoms with Crippen LogP contribution in [0.4, 0.5) is 0 Å². The van der Waals surface area contributed by atoms with E-state index in [9.17, 15) is 8.42 Å². The van der Waals surface area contributed by atoms with Crippen molar-refractivity contribution in [3.8, 4) is 0 Å². The van der Waals surface area contributed by atoms with Gasteiger partial charge in [0.2, 0.25) is 0 Å². The van der Waals surface area contributed by atoms with Crippen molar-refractivity contribution in [3.05, 3.63) is 44.9 Å². The Morgan fingerprint density at radius 2 is 1.90 bits per heavy atom. The summed E-state index contributed by atoms with van der Waals surface area (Å²) < 4.78 is 25.7. The van der Waals surface area contributed by atoms with Gasteiger partial charge in [0.15, 0.2) is 15.8 Å². The van der Waals surface area contributed by atoms with E-state index in [1.165, 1.54) is 4.88 Å². The largest absolute Gasteiger partial charge is 0.356 e. The van der Waals surface area contributed by atoms with Crippen molar-refractivity contribution in [1.82, 2.24) is 15.6 Å². The molecule has 30 heavy (non-hydrogen) atoms. The number of aromatic nitrogens is 1. The highest BCUT2D eigenvalue weighted by atomic mass is 127. The van der Waals surface area contributed by atoms with Gasteiger partial charge in [-0.1, -0.05) is 13.0 Å². The van der Waals surface area contributed by atoms with E-state index in [0.29, 0.717) is 23.8 Å². The van der Waals surface area contributed by atoms with Crippen molar-refractivity contribution >= 4 is 51.1 Å². The number of rotatable bonds is 8. The Labute approximate surface area is 201 Å². The van der Waals surface area contributed by atoms with Crippen LogP contribution in [0, 0.1) is 27.7 Å². The number of aliphatic imine (C=N–C) groups is 1. The minimum absolute atomic E-state index is 0. The van der Waals surface area contributed by atoms with Crippen LogP contribution < -0.4 is 10.6 Å². The van der Waals surface area contributed by atoms with Gasteiger partial charge in [-0.25, -0.2) is 13.4 Å². The second-order valence-corrected chi connectivity index (χ2v) is 10.6. The number of guanidine groups is 1. The van der Waals surface area contributed by atoms with E-state index in [0.717, 1.165) is 28.2 Å². The summed E-state index contributed by atoms with van der Waals surface area (Å²) >= 11 is 1.71. The molecular formula is C21H33IN4O2S2. The van der Waals surface area contributed by atoms with Crippen LogP contribution in [0.3, 0.4) is 0 Å². The lowest BCUT2D eigenvalue weighted by Gasteiger charge is -2.20. The van der Waals surface area contributed by atoms with Crippen molar-refractivity contribution < 1.29 is 8.42 Å². The first-order chi connectivity index (χ1) is 13.7. The number of nitrogens with one attached hydrogen (secondary N) is 2. The fourth-order valence-corrected chi connectivity index (χ4v) is 5.46. The summed E-state index contributed by atoms with van der Waals surface area (Å²) in [4.78, 5) is 10.4. The first-order valence-corrected chi connectivity index (χ1v) is 12.3. The van der Waals surface area contributed by atoms with E-state index in [1.54, 1.807) is 30.5 Å². The summed E-state index contributed by atoms with van der Waals surface area (Å²) in [5, 5.41) is 7.61. The van der Waals surface area contributed by atoms with Gasteiger partial charge < -0.3 is 10.6 Å². The van der Waals surface area contributed by atoms with Crippen LogP contribution in [-0.4, -0.2) is 44.7 Å². The maximum atomic E-state index is 12.9. The van der Waals surface area contributed by atoms with Crippen molar-refractivity contribution in [2.75, 3.05) is 19.3 Å². The zero-order chi connectivity index (χ0) is 21.6. The highest BCUT2D eigenvalue weighted by Crippen LogP contribution is 2.18. The summed E-state index contributed by atoms with van der Waals surface area (Å²) in [5.41, 5.74) is 3.15. The van der Waals surface area contributed by atoms with Crippen molar-refractivity contribution in [2.24, 2.45) is 4.99 Å². The molecule has 0 saturated carbocycles. The monoisotopic (exact) mass is 564 g/mol. The molecule has 1 heterocycles. The third-order valence-corrected chi connectivity index (χ3v) is 7.97. The Morgan fingerprint density at radius 1 is 1.20 bits per heavy atom. The molecule has 168 valence electrons. The molecule has 0 aliphatic carbocycles. The highest BCUT2D eigenvalue weighted by molar-refractivity contribution is 14.0. The summed E-state index contributed by atoms with van der Waals surface area (Å²) in [5.74, 6) is 0.634. The number of thiazole rings is 1. The van der Waals surface area contributed by atoms with Crippen LogP contribution in [0.25, 0.3) is 0 Å². The third kappa shape index (κ3) is 7.49. The van der Waals surface area contributed by atoms with E-state index >= 15 is 0 Å². The molecule has 0 amide bonds. The summed E-state index contributed by atoms with van der Waals surface area (Å²) in [6, 6.07) is 5.08. The summed E-state index contributed by atoms with van der Waals surface area (Å²) in [6.07, 6.45) is 1.48. The fraction of sp³-hybridized carbons (Fsp3) is 0.524. The molecule has 0 radical (unpaired) electrons. The average molecular weight is 565 g/mol.